The summed E-state index contributed by atoms with van der Waals surface area (Å²) < 4.78 is 0. The van der Waals surface area contributed by atoms with E-state index < -0.39 is 6.04 Å². The number of rotatable bonds is 7. The smallest absolute Gasteiger partial charge is 0.322 e. The van der Waals surface area contributed by atoms with Gasteiger partial charge in [-0.05, 0) is 80.8 Å². The van der Waals surface area contributed by atoms with Crippen molar-refractivity contribution >= 4 is 17.6 Å². The number of hydrogen-bond acceptors (Lipinski definition) is 4. The molecule has 192 valence electrons. The molecule has 3 amide bonds. The van der Waals surface area contributed by atoms with Crippen LogP contribution in [0.5, 0.6) is 0 Å². The van der Waals surface area contributed by atoms with Crippen LogP contribution in [-0.2, 0) is 4.79 Å². The second kappa shape index (κ2) is 10.6. The molecule has 0 bridgehead atoms. The Labute approximate surface area is 214 Å². The number of likely N-dealkylation sites (tertiary alicyclic amines) is 1. The number of piperazine rings is 1. The van der Waals surface area contributed by atoms with E-state index in [1.165, 1.54) is 12.8 Å². The Morgan fingerprint density at radius 2 is 1.72 bits per heavy atom. The molecule has 2 saturated heterocycles. The molecule has 2 aliphatic heterocycles. The van der Waals surface area contributed by atoms with Gasteiger partial charge in [-0.1, -0.05) is 42.5 Å². The van der Waals surface area contributed by atoms with Gasteiger partial charge in [0.25, 0.3) is 0 Å². The zero-order chi connectivity index (χ0) is 25.1. The molecule has 5 rings (SSSR count). The molecule has 36 heavy (non-hydrogen) atoms. The fraction of sp³-hybridized carbons (Fsp3) is 0.517. The minimum Gasteiger partial charge on any atom is -0.391 e. The van der Waals surface area contributed by atoms with Gasteiger partial charge in [-0.25, -0.2) is 4.79 Å². The number of β-amino-alcohol motifs (C(OH)–C–C–N with tert-alkyl or cyclic N) is 1. The molecule has 2 aromatic rings. The van der Waals surface area contributed by atoms with Gasteiger partial charge in [-0.15, -0.1) is 0 Å². The number of unbranched alkanes of at least 4 members (excludes halogenated alkanes) is 1. The monoisotopic (exact) mass is 490 g/mol. The predicted molar refractivity (Wildman–Crippen MR) is 142 cm³/mol. The predicted octanol–water partition coefficient (Wildman–Crippen LogP) is 4.05. The number of nitrogens with zero attached hydrogens (tertiary/aromatic N) is 3. The van der Waals surface area contributed by atoms with Crippen LogP contribution in [0.25, 0.3) is 11.1 Å². The molecule has 2 heterocycles. The molecular formula is C29H38N4O3. The minimum atomic E-state index is -0.483. The van der Waals surface area contributed by atoms with Crippen LogP contribution in [-0.4, -0.2) is 83.2 Å². The van der Waals surface area contributed by atoms with Crippen LogP contribution in [0.3, 0.4) is 0 Å². The maximum Gasteiger partial charge on any atom is 0.322 e. The van der Waals surface area contributed by atoms with Gasteiger partial charge < -0.3 is 25.1 Å². The van der Waals surface area contributed by atoms with Gasteiger partial charge >= 0.3 is 6.03 Å². The zero-order valence-electron chi connectivity index (χ0n) is 21.2. The maximum absolute atomic E-state index is 13.0. The van der Waals surface area contributed by atoms with Gasteiger partial charge in [0.2, 0.25) is 5.91 Å². The van der Waals surface area contributed by atoms with Gasteiger partial charge in [0.15, 0.2) is 0 Å². The number of nitrogens with one attached hydrogen (secondary N) is 1. The first-order valence-corrected chi connectivity index (χ1v) is 13.4. The minimum absolute atomic E-state index is 0.0125. The van der Waals surface area contributed by atoms with Crippen LogP contribution >= 0.6 is 0 Å². The number of benzene rings is 2. The first kappa shape index (κ1) is 24.8. The molecule has 1 spiro atoms. The molecular weight excluding hydrogens is 452 g/mol. The average molecular weight is 491 g/mol. The molecule has 2 N–H and O–H groups in total. The number of amides is 3. The molecule has 2 unspecified atom stereocenters. The standard InChI is InChI=1S/C29H38N4O3/c1-22-27(35)32(16-6-5-15-31-17-14-29(12-13-29)26(34)21-31)18-19-33(22)28(36)30-25-11-7-10-24(20-25)23-8-3-2-4-9-23/h2-4,7-11,20,22,26,34H,5-6,12-19,21H2,1H3,(H,30,36). The van der Waals surface area contributed by atoms with Gasteiger partial charge in [0.05, 0.1) is 6.10 Å². The number of carbonyl (C=O) groups is 2. The first-order chi connectivity index (χ1) is 17.4. The number of anilines is 1. The van der Waals surface area contributed by atoms with Crippen molar-refractivity contribution in [1.29, 1.82) is 0 Å². The third-order valence-corrected chi connectivity index (χ3v) is 8.34. The molecule has 3 fully saturated rings. The van der Waals surface area contributed by atoms with Crippen LogP contribution in [0.15, 0.2) is 54.6 Å². The highest BCUT2D eigenvalue weighted by Crippen LogP contribution is 2.53. The number of aliphatic hydroxyl groups excluding tert-OH is 1. The van der Waals surface area contributed by atoms with E-state index in [0.717, 1.165) is 62.3 Å². The first-order valence-electron chi connectivity index (χ1n) is 13.4. The SMILES string of the molecule is CC1C(=O)N(CCCCN2CCC3(CC3)C(O)C2)CCN1C(=O)Nc1cccc(-c2ccccc2)c1. The molecule has 1 saturated carbocycles. The van der Waals surface area contributed by atoms with Gasteiger partial charge in [-0.3, -0.25) is 4.79 Å². The van der Waals surface area contributed by atoms with Crippen LogP contribution in [0, 0.1) is 5.41 Å². The van der Waals surface area contributed by atoms with Gasteiger partial charge in [0, 0.05) is 31.9 Å². The summed E-state index contributed by atoms with van der Waals surface area (Å²) >= 11 is 0. The van der Waals surface area contributed by atoms with Crippen molar-refractivity contribution in [2.45, 2.75) is 51.2 Å². The highest BCUT2D eigenvalue weighted by molar-refractivity contribution is 5.94. The average Bonchev–Trinajstić information content (AvgIpc) is 3.68. The summed E-state index contributed by atoms with van der Waals surface area (Å²) in [6, 6.07) is 17.1. The van der Waals surface area contributed by atoms with Crippen LogP contribution < -0.4 is 5.32 Å². The van der Waals surface area contributed by atoms with Crippen molar-refractivity contribution in [3.63, 3.8) is 0 Å². The Kier molecular flexibility index (Phi) is 7.30. The summed E-state index contributed by atoms with van der Waals surface area (Å²) in [5.74, 6) is 0.0125. The van der Waals surface area contributed by atoms with E-state index >= 15 is 0 Å². The Morgan fingerprint density at radius 1 is 0.972 bits per heavy atom. The van der Waals surface area contributed by atoms with E-state index in [4.69, 9.17) is 0 Å². The quantitative estimate of drug-likeness (QED) is 0.575. The Balaban J connectivity index is 1.07. The van der Waals surface area contributed by atoms with E-state index in [1.807, 2.05) is 66.4 Å². The van der Waals surface area contributed by atoms with E-state index in [9.17, 15) is 14.7 Å². The summed E-state index contributed by atoms with van der Waals surface area (Å²) in [6.45, 7) is 6.47. The summed E-state index contributed by atoms with van der Waals surface area (Å²) in [5, 5.41) is 13.4. The fourth-order valence-corrected chi connectivity index (χ4v) is 5.69. The number of carbonyl (C=O) groups excluding carboxylic acids is 2. The van der Waals surface area contributed by atoms with Crippen LogP contribution in [0.1, 0.15) is 39.0 Å². The lowest BCUT2D eigenvalue weighted by Gasteiger charge is -2.39. The Bertz CT molecular complexity index is 1070. The van der Waals surface area contributed by atoms with Gasteiger partial charge in [0.1, 0.15) is 6.04 Å². The van der Waals surface area contributed by atoms with E-state index in [-0.39, 0.29) is 23.5 Å². The van der Waals surface area contributed by atoms with Crippen molar-refractivity contribution in [2.75, 3.05) is 44.6 Å². The number of aliphatic hydroxyl groups is 1. The van der Waals surface area contributed by atoms with Gasteiger partial charge in [-0.2, -0.15) is 0 Å². The third-order valence-electron chi connectivity index (χ3n) is 8.34. The molecule has 7 heteroatoms. The molecule has 2 aromatic carbocycles. The zero-order valence-corrected chi connectivity index (χ0v) is 21.2. The number of piperidine rings is 1. The second-order valence-electron chi connectivity index (χ2n) is 10.7. The fourth-order valence-electron chi connectivity index (χ4n) is 5.69. The summed E-state index contributed by atoms with van der Waals surface area (Å²) in [5.41, 5.74) is 3.09. The normalized spacial score (nSPS) is 23.7. The molecule has 0 radical (unpaired) electrons. The van der Waals surface area contributed by atoms with E-state index in [0.29, 0.717) is 13.1 Å². The number of hydrogen-bond donors (Lipinski definition) is 2. The maximum atomic E-state index is 13.0. The van der Waals surface area contributed by atoms with Crippen molar-refractivity contribution in [1.82, 2.24) is 14.7 Å². The summed E-state index contributed by atoms with van der Waals surface area (Å²) in [4.78, 5) is 31.9. The topological polar surface area (TPSA) is 76.1 Å². The van der Waals surface area contributed by atoms with E-state index in [2.05, 4.69) is 10.2 Å². The van der Waals surface area contributed by atoms with E-state index in [1.54, 1.807) is 4.90 Å². The third kappa shape index (κ3) is 5.42. The highest BCUT2D eigenvalue weighted by atomic mass is 16.3. The Morgan fingerprint density at radius 3 is 2.47 bits per heavy atom. The Hall–Kier alpha value is -2.90. The molecule has 7 nitrogen and oxygen atoms in total. The van der Waals surface area contributed by atoms with Crippen molar-refractivity contribution < 1.29 is 14.7 Å². The molecule has 1 aliphatic carbocycles. The van der Waals surface area contributed by atoms with Crippen molar-refractivity contribution in [2.24, 2.45) is 5.41 Å². The van der Waals surface area contributed by atoms with Crippen LogP contribution in [0.4, 0.5) is 10.5 Å². The lowest BCUT2D eigenvalue weighted by Crippen LogP contribution is -2.58. The molecule has 0 aromatic heterocycles. The summed E-state index contributed by atoms with van der Waals surface area (Å²) in [6.07, 6.45) is 5.27. The van der Waals surface area contributed by atoms with Crippen molar-refractivity contribution in [3.8, 4) is 11.1 Å². The lowest BCUT2D eigenvalue weighted by atomic mass is 9.90. The molecule has 3 aliphatic rings. The lowest BCUT2D eigenvalue weighted by molar-refractivity contribution is -0.139. The highest BCUT2D eigenvalue weighted by Gasteiger charge is 2.51. The molecule has 2 atom stereocenters. The largest absolute Gasteiger partial charge is 0.391 e. The van der Waals surface area contributed by atoms with Crippen molar-refractivity contribution in [3.05, 3.63) is 54.6 Å². The second-order valence-corrected chi connectivity index (χ2v) is 10.7. The number of urea groups is 1. The van der Waals surface area contributed by atoms with Crippen LogP contribution in [0.2, 0.25) is 0 Å². The summed E-state index contributed by atoms with van der Waals surface area (Å²) in [7, 11) is 0.